The van der Waals surface area contributed by atoms with E-state index in [0.717, 1.165) is 29.0 Å². The third-order valence-electron chi connectivity index (χ3n) is 4.04. The van der Waals surface area contributed by atoms with Crippen molar-refractivity contribution in [3.63, 3.8) is 0 Å². The van der Waals surface area contributed by atoms with Gasteiger partial charge in [0.05, 0.1) is 6.61 Å². The molecule has 2 aromatic carbocycles. The van der Waals surface area contributed by atoms with Gasteiger partial charge in [-0.05, 0) is 50.2 Å². The molecule has 5 nitrogen and oxygen atoms in total. The number of amides is 1. The minimum atomic E-state index is -0.211. The van der Waals surface area contributed by atoms with Crippen LogP contribution < -0.4 is 19.5 Å². The summed E-state index contributed by atoms with van der Waals surface area (Å²) in [7, 11) is 0. The van der Waals surface area contributed by atoms with Crippen molar-refractivity contribution in [2.24, 2.45) is 0 Å². The third kappa shape index (κ3) is 4.61. The number of hydrogen-bond donors (Lipinski definition) is 1. The Kier molecular flexibility index (Phi) is 5.89. The lowest BCUT2D eigenvalue weighted by atomic mass is 10.1. The lowest BCUT2D eigenvalue weighted by molar-refractivity contribution is -0.123. The van der Waals surface area contributed by atoms with E-state index in [-0.39, 0.29) is 18.6 Å². The van der Waals surface area contributed by atoms with Gasteiger partial charge in [0.1, 0.15) is 23.4 Å². The molecule has 0 saturated heterocycles. The Balaban J connectivity index is 1.58. The van der Waals surface area contributed by atoms with Crippen molar-refractivity contribution in [2.75, 3.05) is 13.2 Å². The fourth-order valence-electron chi connectivity index (χ4n) is 2.83. The van der Waals surface area contributed by atoms with Crippen molar-refractivity contribution < 1.29 is 19.0 Å². The van der Waals surface area contributed by atoms with Crippen LogP contribution in [0.5, 0.6) is 17.2 Å². The zero-order chi connectivity index (χ0) is 18.5. The van der Waals surface area contributed by atoms with Gasteiger partial charge in [0.2, 0.25) is 0 Å². The maximum absolute atomic E-state index is 12.1. The van der Waals surface area contributed by atoms with E-state index in [1.54, 1.807) is 24.3 Å². The first kappa shape index (κ1) is 18.4. The van der Waals surface area contributed by atoms with Crippen LogP contribution in [0.25, 0.3) is 0 Å². The molecule has 0 aliphatic carbocycles. The van der Waals surface area contributed by atoms with Crippen LogP contribution in [0.4, 0.5) is 0 Å². The molecule has 0 fully saturated rings. The fraction of sp³-hybridized carbons (Fsp3) is 0.350. The van der Waals surface area contributed by atoms with Gasteiger partial charge in [-0.15, -0.1) is 0 Å². The van der Waals surface area contributed by atoms with Crippen LogP contribution in [0.1, 0.15) is 25.0 Å². The normalized spacial score (nSPS) is 15.1. The average Bonchev–Trinajstić information content (AvgIpc) is 2.98. The summed E-state index contributed by atoms with van der Waals surface area (Å²) in [4.78, 5) is 12.1. The van der Waals surface area contributed by atoms with Crippen molar-refractivity contribution >= 4 is 17.5 Å². The molecule has 0 bridgehead atoms. The number of fused-ring (bicyclic) bond motifs is 1. The number of halogens is 1. The predicted octanol–water partition coefficient (Wildman–Crippen LogP) is 3.76. The highest BCUT2D eigenvalue weighted by Crippen LogP contribution is 2.35. The summed E-state index contributed by atoms with van der Waals surface area (Å²) in [5.41, 5.74) is 2.03. The lowest BCUT2D eigenvalue weighted by Gasteiger charge is -2.13. The molecule has 0 saturated carbocycles. The molecule has 1 heterocycles. The van der Waals surface area contributed by atoms with Crippen molar-refractivity contribution in [3.8, 4) is 17.2 Å². The molecule has 6 heteroatoms. The van der Waals surface area contributed by atoms with Gasteiger partial charge in [0, 0.05) is 29.1 Å². The number of nitrogens with one attached hydrogen (secondary N) is 1. The topological polar surface area (TPSA) is 56.8 Å². The second kappa shape index (κ2) is 8.32. The molecule has 1 aliphatic heterocycles. The van der Waals surface area contributed by atoms with E-state index < -0.39 is 0 Å². The van der Waals surface area contributed by atoms with Crippen LogP contribution in [0.3, 0.4) is 0 Å². The Hall–Kier alpha value is -2.40. The smallest absolute Gasteiger partial charge is 0.258 e. The van der Waals surface area contributed by atoms with Gasteiger partial charge in [-0.1, -0.05) is 11.6 Å². The van der Waals surface area contributed by atoms with Crippen molar-refractivity contribution in [1.82, 2.24) is 5.32 Å². The van der Waals surface area contributed by atoms with E-state index in [0.29, 0.717) is 23.9 Å². The first-order chi connectivity index (χ1) is 12.5. The molecule has 0 aromatic heterocycles. The van der Waals surface area contributed by atoms with E-state index in [2.05, 4.69) is 5.32 Å². The molecule has 26 heavy (non-hydrogen) atoms. The molecular formula is C20H22ClNO4. The highest BCUT2D eigenvalue weighted by Gasteiger charge is 2.22. The second-order valence-corrected chi connectivity index (χ2v) is 6.59. The average molecular weight is 376 g/mol. The maximum Gasteiger partial charge on any atom is 0.258 e. The monoisotopic (exact) mass is 375 g/mol. The molecule has 138 valence electrons. The molecule has 2 aromatic rings. The van der Waals surface area contributed by atoms with Gasteiger partial charge in [-0.3, -0.25) is 4.79 Å². The number of rotatable bonds is 7. The lowest BCUT2D eigenvalue weighted by Crippen LogP contribution is -2.28. The Morgan fingerprint density at radius 2 is 2.04 bits per heavy atom. The Morgan fingerprint density at radius 3 is 2.77 bits per heavy atom. The summed E-state index contributed by atoms with van der Waals surface area (Å²) < 4.78 is 17.0. The Labute approximate surface area is 158 Å². The van der Waals surface area contributed by atoms with E-state index in [1.807, 2.05) is 26.0 Å². The van der Waals surface area contributed by atoms with Gasteiger partial charge in [-0.2, -0.15) is 0 Å². The zero-order valence-corrected chi connectivity index (χ0v) is 15.6. The molecule has 1 aliphatic rings. The highest BCUT2D eigenvalue weighted by molar-refractivity contribution is 6.30. The van der Waals surface area contributed by atoms with Gasteiger partial charge in [-0.25, -0.2) is 0 Å². The summed E-state index contributed by atoms with van der Waals surface area (Å²) in [5, 5.41) is 3.48. The van der Waals surface area contributed by atoms with Gasteiger partial charge in [0.25, 0.3) is 5.91 Å². The summed E-state index contributed by atoms with van der Waals surface area (Å²) in [6.45, 7) is 4.83. The quantitative estimate of drug-likeness (QED) is 0.800. The molecule has 1 N–H and O–H groups in total. The number of carbonyl (C=O) groups is 1. The molecule has 1 atom stereocenters. The number of carbonyl (C=O) groups excluding carboxylic acids is 1. The Bertz CT molecular complexity index is 776. The predicted molar refractivity (Wildman–Crippen MR) is 100 cm³/mol. The minimum absolute atomic E-state index is 0.0654. The van der Waals surface area contributed by atoms with Crippen molar-refractivity contribution in [3.05, 3.63) is 52.5 Å². The molecule has 0 unspecified atom stereocenters. The molecule has 1 amide bonds. The summed E-state index contributed by atoms with van der Waals surface area (Å²) in [6, 6.07) is 10.8. The van der Waals surface area contributed by atoms with Crippen LogP contribution in [0.2, 0.25) is 5.02 Å². The van der Waals surface area contributed by atoms with Crippen LogP contribution in [0.15, 0.2) is 36.4 Å². The van der Waals surface area contributed by atoms with Crippen LogP contribution in [-0.4, -0.2) is 25.2 Å². The number of hydrogen-bond acceptors (Lipinski definition) is 4. The number of benzene rings is 2. The van der Waals surface area contributed by atoms with E-state index >= 15 is 0 Å². The third-order valence-corrected chi connectivity index (χ3v) is 4.29. The summed E-state index contributed by atoms with van der Waals surface area (Å²) >= 11 is 5.82. The SMILES string of the molecule is CCOc1cc2c(cc1CNC(=O)COc1ccc(Cl)cc1)O[C@H](C)C2. The van der Waals surface area contributed by atoms with E-state index in [1.165, 1.54) is 0 Å². The van der Waals surface area contributed by atoms with Gasteiger partial charge >= 0.3 is 0 Å². The highest BCUT2D eigenvalue weighted by atomic mass is 35.5. The van der Waals surface area contributed by atoms with Crippen LogP contribution in [-0.2, 0) is 17.8 Å². The van der Waals surface area contributed by atoms with Crippen LogP contribution >= 0.6 is 11.6 Å². The molecule has 0 spiro atoms. The van der Waals surface area contributed by atoms with Gasteiger partial charge in [0.15, 0.2) is 6.61 Å². The standard InChI is InChI=1S/C20H22ClNO4/c1-3-24-18-9-14-8-13(2)26-19(14)10-15(18)11-22-20(23)12-25-17-6-4-16(21)5-7-17/h4-7,9-10,13H,3,8,11-12H2,1-2H3,(H,22,23)/t13-/m1/s1. The maximum atomic E-state index is 12.1. The summed E-state index contributed by atoms with van der Waals surface area (Å²) in [6.07, 6.45) is 1.04. The van der Waals surface area contributed by atoms with Crippen molar-refractivity contribution in [1.29, 1.82) is 0 Å². The zero-order valence-electron chi connectivity index (χ0n) is 14.9. The summed E-state index contributed by atoms with van der Waals surface area (Å²) in [5.74, 6) is 2.03. The fourth-order valence-corrected chi connectivity index (χ4v) is 2.96. The van der Waals surface area contributed by atoms with Crippen molar-refractivity contribution in [2.45, 2.75) is 32.9 Å². The minimum Gasteiger partial charge on any atom is -0.494 e. The molecule has 3 rings (SSSR count). The van der Waals surface area contributed by atoms with E-state index in [9.17, 15) is 4.79 Å². The molecular weight excluding hydrogens is 354 g/mol. The number of ether oxygens (including phenoxy) is 3. The molecule has 0 radical (unpaired) electrons. The van der Waals surface area contributed by atoms with Gasteiger partial charge < -0.3 is 19.5 Å². The first-order valence-electron chi connectivity index (χ1n) is 8.65. The van der Waals surface area contributed by atoms with Crippen LogP contribution in [0, 0.1) is 0 Å². The largest absolute Gasteiger partial charge is 0.494 e. The van der Waals surface area contributed by atoms with E-state index in [4.69, 9.17) is 25.8 Å². The second-order valence-electron chi connectivity index (χ2n) is 6.15. The first-order valence-corrected chi connectivity index (χ1v) is 9.03. The Morgan fingerprint density at radius 1 is 1.27 bits per heavy atom.